The summed E-state index contributed by atoms with van der Waals surface area (Å²) in [6, 6.07) is 0. The Hall–Kier alpha value is 2.76. The predicted molar refractivity (Wildman–Crippen MR) is 0.686 cm³/mol. The summed E-state index contributed by atoms with van der Waals surface area (Å²) in [5, 5.41) is 0. The zero-order chi connectivity index (χ0) is 2.00. The molecule has 0 amide bonds. The van der Waals surface area contributed by atoms with Crippen LogP contribution in [-0.2, 0) is 97.4 Å². The van der Waals surface area contributed by atoms with E-state index in [0.717, 1.165) is 0 Å². The first-order valence-corrected chi connectivity index (χ1v) is 0.595. The van der Waals surface area contributed by atoms with Crippen LogP contribution in [0, 0.1) is 0 Å². The van der Waals surface area contributed by atoms with E-state index in [1.165, 1.54) is 0 Å². The van der Waals surface area contributed by atoms with Crippen molar-refractivity contribution in [2.45, 2.75) is 0 Å². The normalized spacial score (nSPS) is 0.833. The molecular formula is CdCoFeMnNiO. The molecule has 0 heterocycles. The topological polar surface area (TPSA) is 17.1 Å². The van der Waals surface area contributed by atoms with Crippen LogP contribution in [0.2, 0.25) is 0 Å². The third-order valence-electron chi connectivity index (χ3n) is 0. The van der Waals surface area contributed by atoms with Gasteiger partial charge in [-0.25, -0.2) is 0 Å². The molecule has 0 aliphatic carbocycles. The maximum absolute atomic E-state index is 8.00. The Morgan fingerprint density at radius 2 is 1.17 bits per heavy atom. The summed E-state index contributed by atoms with van der Waals surface area (Å²) in [4.78, 5) is 0. The van der Waals surface area contributed by atoms with E-state index in [4.69, 9.17) is 3.83 Å². The van der Waals surface area contributed by atoms with Crippen LogP contribution in [0.4, 0.5) is 0 Å². The van der Waals surface area contributed by atoms with Crippen molar-refractivity contribution in [2.24, 2.45) is 0 Å². The Kier molecular flexibility index (Phi) is 289. The molecule has 0 fully saturated rings. The molecule has 0 unspecified atom stereocenters. The molecule has 0 aliphatic rings. The van der Waals surface area contributed by atoms with Gasteiger partial charge in [0.2, 0.25) is 0 Å². The third kappa shape index (κ3) is 29.4. The van der Waals surface area contributed by atoms with Gasteiger partial charge in [0.1, 0.15) is 0 Å². The molecule has 2 radical (unpaired) electrons. The molecule has 42 valence electrons. The maximum atomic E-state index is 8.00. The van der Waals surface area contributed by atoms with Crippen LogP contribution in [0.1, 0.15) is 0 Å². The average molecular weight is 357 g/mol. The van der Waals surface area contributed by atoms with Crippen molar-refractivity contribution in [1.82, 2.24) is 0 Å². The van der Waals surface area contributed by atoms with E-state index in [1.54, 1.807) is 0 Å². The summed E-state index contributed by atoms with van der Waals surface area (Å²) in [6.07, 6.45) is 0. The fraction of sp³-hybridized carbons (Fsp3) is 0. The van der Waals surface area contributed by atoms with E-state index in [2.05, 4.69) is 0 Å². The van der Waals surface area contributed by atoms with Crippen molar-refractivity contribution in [1.29, 1.82) is 0 Å². The van der Waals surface area contributed by atoms with Gasteiger partial charge in [0.25, 0.3) is 0 Å². The van der Waals surface area contributed by atoms with Crippen molar-refractivity contribution < 1.29 is 97.4 Å². The molecular weight excluding hydrogens is 357 g/mol. The van der Waals surface area contributed by atoms with Gasteiger partial charge in [-0.3, -0.25) is 0 Å². The molecule has 0 aromatic heterocycles. The van der Waals surface area contributed by atoms with Crippen LogP contribution >= 0.6 is 0 Å². The second-order valence-electron chi connectivity index (χ2n) is 0. The molecule has 6 heteroatoms. The Labute approximate surface area is 95.9 Å². The van der Waals surface area contributed by atoms with Crippen molar-refractivity contribution in [2.75, 3.05) is 0 Å². The molecule has 0 saturated carbocycles. The minimum absolute atomic E-state index is 0. The zero-order valence-corrected chi connectivity index (χ0v) is 10.8. The van der Waals surface area contributed by atoms with E-state index in [9.17, 15) is 0 Å². The van der Waals surface area contributed by atoms with Gasteiger partial charge < -0.3 is 0 Å². The SMILES string of the molecule is [Cd].[Co].[Mn].[Ni].[O]=[Fe]. The minimum atomic E-state index is 0. The van der Waals surface area contributed by atoms with E-state index >= 15 is 0 Å². The van der Waals surface area contributed by atoms with Crippen LogP contribution in [0.5, 0.6) is 0 Å². The van der Waals surface area contributed by atoms with Gasteiger partial charge in [0.15, 0.2) is 0 Å². The first-order valence-electron chi connectivity index (χ1n) is 0.144. The summed E-state index contributed by atoms with van der Waals surface area (Å²) >= 11 is 2.00. The van der Waals surface area contributed by atoms with Crippen molar-refractivity contribution in [3.63, 3.8) is 0 Å². The summed E-state index contributed by atoms with van der Waals surface area (Å²) < 4.78 is 8.00. The monoisotopic (exact) mass is 358 g/mol. The number of hydrogen-bond acceptors (Lipinski definition) is 1. The van der Waals surface area contributed by atoms with Crippen LogP contribution in [0.15, 0.2) is 0 Å². The number of rotatable bonds is 0. The van der Waals surface area contributed by atoms with Crippen molar-refractivity contribution in [3.8, 4) is 0 Å². The van der Waals surface area contributed by atoms with Gasteiger partial charge in [-0.1, -0.05) is 0 Å². The molecule has 0 aromatic carbocycles. The predicted octanol–water partition coefficient (Wildman–Crippen LogP) is -0.131. The molecule has 0 N–H and O–H groups in total. The molecule has 0 spiro atoms. The molecule has 0 saturated heterocycles. The Balaban J connectivity index is -0.000000000833. The van der Waals surface area contributed by atoms with Crippen LogP contribution in [0.25, 0.3) is 0 Å². The van der Waals surface area contributed by atoms with Gasteiger partial charge >= 0.3 is 19.8 Å². The van der Waals surface area contributed by atoms with E-state index in [-0.39, 0.29) is 77.6 Å². The van der Waals surface area contributed by atoms with Gasteiger partial charge in [-0.2, -0.15) is 0 Å². The summed E-state index contributed by atoms with van der Waals surface area (Å²) in [5.41, 5.74) is 0. The van der Waals surface area contributed by atoms with E-state index in [1.807, 2.05) is 15.9 Å². The molecule has 1 nitrogen and oxygen atoms in total. The Morgan fingerprint density at radius 1 is 1.17 bits per heavy atom. The second-order valence-corrected chi connectivity index (χ2v) is 0. The quantitative estimate of drug-likeness (QED) is 0.553. The Morgan fingerprint density at radius 3 is 1.17 bits per heavy atom. The molecule has 0 atom stereocenters. The summed E-state index contributed by atoms with van der Waals surface area (Å²) in [5.74, 6) is 0. The molecule has 0 rings (SSSR count). The van der Waals surface area contributed by atoms with Gasteiger partial charge in [0.05, 0.1) is 0 Å². The van der Waals surface area contributed by atoms with Crippen molar-refractivity contribution in [3.05, 3.63) is 0 Å². The standard InChI is InChI=1S/Cd.Co.Fe.Mn.Ni.O. The Bertz CT molecular complexity index is 15.5. The van der Waals surface area contributed by atoms with E-state index < -0.39 is 0 Å². The number of hydrogen-bond donors (Lipinski definition) is 0. The molecule has 0 aromatic rings. The molecule has 0 aliphatic heterocycles. The fourth-order valence-corrected chi connectivity index (χ4v) is 0. The first kappa shape index (κ1) is 37.3. The summed E-state index contributed by atoms with van der Waals surface area (Å²) in [6.45, 7) is 0. The van der Waals surface area contributed by atoms with Gasteiger partial charge in [-0.15, -0.1) is 0 Å². The molecule has 0 bridgehead atoms. The molecule has 6 heavy (non-hydrogen) atoms. The van der Waals surface area contributed by atoms with Crippen LogP contribution < -0.4 is 0 Å². The van der Waals surface area contributed by atoms with Gasteiger partial charge in [0, 0.05) is 77.6 Å². The second kappa shape index (κ2) is 46.5. The average Bonchev–Trinajstić information content (AvgIpc) is 1.00. The van der Waals surface area contributed by atoms with Crippen LogP contribution in [-0.4, -0.2) is 0 Å². The van der Waals surface area contributed by atoms with Crippen LogP contribution in [0.3, 0.4) is 0 Å². The summed E-state index contributed by atoms with van der Waals surface area (Å²) in [7, 11) is 0. The van der Waals surface area contributed by atoms with Gasteiger partial charge in [-0.05, 0) is 0 Å². The van der Waals surface area contributed by atoms with E-state index in [0.29, 0.717) is 0 Å². The third-order valence-corrected chi connectivity index (χ3v) is 0. The van der Waals surface area contributed by atoms with Crippen molar-refractivity contribution >= 4 is 0 Å². The first-order chi connectivity index (χ1) is 1.00. The fourth-order valence-electron chi connectivity index (χ4n) is 0. The zero-order valence-electron chi connectivity index (χ0n) is 2.50.